The van der Waals surface area contributed by atoms with Crippen LogP contribution in [-0.2, 0) is 4.79 Å². The molecule has 1 unspecified atom stereocenters. The van der Waals surface area contributed by atoms with Gasteiger partial charge in [-0.1, -0.05) is 38.3 Å². The second-order valence-corrected chi connectivity index (χ2v) is 10.6. The Balaban J connectivity index is 1.33. The van der Waals surface area contributed by atoms with Gasteiger partial charge in [-0.05, 0) is 75.0 Å². The van der Waals surface area contributed by atoms with E-state index >= 15 is 0 Å². The number of aromatic carboxylic acids is 1. The Morgan fingerprint density at radius 3 is 2.71 bits per heavy atom. The Kier molecular flexibility index (Phi) is 6.75. The molecule has 0 radical (unpaired) electrons. The molecule has 3 fully saturated rings. The lowest BCUT2D eigenvalue weighted by molar-refractivity contribution is -0.137. The fourth-order valence-corrected chi connectivity index (χ4v) is 6.21. The minimum absolute atomic E-state index is 0.120. The third-order valence-corrected chi connectivity index (χ3v) is 8.16. The van der Waals surface area contributed by atoms with Gasteiger partial charge in [0.15, 0.2) is 0 Å². The van der Waals surface area contributed by atoms with E-state index < -0.39 is 5.97 Å². The quantitative estimate of drug-likeness (QED) is 0.529. The molecule has 1 aromatic carbocycles. The number of aromatic nitrogens is 2. The number of carboxylic acid groups (broad SMARTS) is 1. The van der Waals surface area contributed by atoms with Crippen LogP contribution in [0.1, 0.15) is 111 Å². The molecule has 2 saturated carbocycles. The molecular weight excluding hydrogens is 426 g/mol. The standard InChI is InChI=1S/C28H37N3O3/c1-2-3-10-23-12-6-15-30(23)27(32)22-9-4-7-20(16-22)21-8-5-11-24(17-21)31-26(19-13-14-19)25(18-29-31)28(33)34/h5,8,11,17-20,22-23H,2-4,6-7,9-10,12-16H2,1H3,(H,33,34)/t20?,22-,23+/m0/s1. The van der Waals surface area contributed by atoms with Gasteiger partial charge in [0.05, 0.1) is 17.6 Å². The van der Waals surface area contributed by atoms with Crippen molar-refractivity contribution < 1.29 is 14.7 Å². The topological polar surface area (TPSA) is 75.4 Å². The fourth-order valence-electron chi connectivity index (χ4n) is 6.21. The van der Waals surface area contributed by atoms with Crippen molar-refractivity contribution in [3.05, 3.63) is 47.3 Å². The highest BCUT2D eigenvalue weighted by atomic mass is 16.4. The molecule has 1 aromatic heterocycles. The lowest BCUT2D eigenvalue weighted by atomic mass is 9.77. The average Bonchev–Trinajstić information content (AvgIpc) is 3.42. The van der Waals surface area contributed by atoms with Crippen LogP contribution in [0, 0.1) is 5.92 Å². The van der Waals surface area contributed by atoms with Gasteiger partial charge >= 0.3 is 5.97 Å². The van der Waals surface area contributed by atoms with Crippen LogP contribution in [-0.4, -0.2) is 44.3 Å². The first-order valence-corrected chi connectivity index (χ1v) is 13.3. The highest BCUT2D eigenvalue weighted by Crippen LogP contribution is 2.43. The van der Waals surface area contributed by atoms with Gasteiger partial charge in [-0.2, -0.15) is 5.10 Å². The fraction of sp³-hybridized carbons (Fsp3) is 0.607. The molecular formula is C28H37N3O3. The predicted octanol–water partition coefficient (Wildman–Crippen LogP) is 5.90. The van der Waals surface area contributed by atoms with E-state index in [0.717, 1.165) is 75.7 Å². The van der Waals surface area contributed by atoms with E-state index in [-0.39, 0.29) is 11.8 Å². The zero-order chi connectivity index (χ0) is 23.7. The Hall–Kier alpha value is -2.63. The van der Waals surface area contributed by atoms with Crippen LogP contribution in [0.4, 0.5) is 0 Å². The molecule has 6 nitrogen and oxygen atoms in total. The lowest BCUT2D eigenvalue weighted by Gasteiger charge is -2.34. The normalized spacial score (nSPS) is 25.0. The van der Waals surface area contributed by atoms with Crippen molar-refractivity contribution in [3.8, 4) is 5.69 Å². The molecule has 1 N–H and O–H groups in total. The number of rotatable bonds is 8. The minimum atomic E-state index is -0.905. The van der Waals surface area contributed by atoms with Gasteiger partial charge in [-0.25, -0.2) is 9.48 Å². The van der Waals surface area contributed by atoms with Crippen molar-refractivity contribution in [2.24, 2.45) is 5.92 Å². The largest absolute Gasteiger partial charge is 0.478 e. The predicted molar refractivity (Wildman–Crippen MR) is 131 cm³/mol. The summed E-state index contributed by atoms with van der Waals surface area (Å²) in [5.41, 5.74) is 3.32. The van der Waals surface area contributed by atoms with Gasteiger partial charge in [-0.15, -0.1) is 0 Å². The number of amides is 1. The number of carboxylic acids is 1. The molecule has 0 bridgehead atoms. The van der Waals surface area contributed by atoms with Crippen LogP contribution < -0.4 is 0 Å². The van der Waals surface area contributed by atoms with Crippen LogP contribution >= 0.6 is 0 Å². The van der Waals surface area contributed by atoms with Crippen molar-refractivity contribution in [2.45, 2.75) is 95.4 Å². The van der Waals surface area contributed by atoms with Gasteiger partial charge in [0.25, 0.3) is 0 Å². The summed E-state index contributed by atoms with van der Waals surface area (Å²) in [6, 6.07) is 8.85. The Morgan fingerprint density at radius 2 is 1.94 bits per heavy atom. The molecule has 1 saturated heterocycles. The van der Waals surface area contributed by atoms with Gasteiger partial charge in [-0.3, -0.25) is 4.79 Å². The molecule has 1 aliphatic heterocycles. The Labute approximate surface area is 202 Å². The molecule has 34 heavy (non-hydrogen) atoms. The van der Waals surface area contributed by atoms with Gasteiger partial charge < -0.3 is 10.0 Å². The van der Waals surface area contributed by atoms with Crippen molar-refractivity contribution in [2.75, 3.05) is 6.54 Å². The summed E-state index contributed by atoms with van der Waals surface area (Å²) in [6.07, 6.45) is 13.5. The molecule has 2 aromatic rings. The maximum absolute atomic E-state index is 13.5. The molecule has 0 spiro atoms. The zero-order valence-electron chi connectivity index (χ0n) is 20.3. The third-order valence-electron chi connectivity index (χ3n) is 8.16. The number of carbonyl (C=O) groups is 2. The Morgan fingerprint density at radius 1 is 1.09 bits per heavy atom. The molecule has 3 aliphatic rings. The van der Waals surface area contributed by atoms with Gasteiger partial charge in [0.1, 0.15) is 5.56 Å². The van der Waals surface area contributed by atoms with E-state index in [4.69, 9.17) is 0 Å². The first kappa shape index (κ1) is 23.1. The van der Waals surface area contributed by atoms with Crippen LogP contribution in [0.25, 0.3) is 5.69 Å². The SMILES string of the molecule is CCCC[C@@H]1CCCN1C(=O)[C@H]1CCCC(c2cccc(-n3ncc(C(=O)O)c3C3CC3)c2)C1. The van der Waals surface area contributed by atoms with Crippen LogP contribution in [0.5, 0.6) is 0 Å². The monoisotopic (exact) mass is 463 g/mol. The summed E-state index contributed by atoms with van der Waals surface area (Å²) in [4.78, 5) is 27.4. The van der Waals surface area contributed by atoms with Crippen molar-refractivity contribution in [1.29, 1.82) is 0 Å². The summed E-state index contributed by atoms with van der Waals surface area (Å²) >= 11 is 0. The van der Waals surface area contributed by atoms with E-state index in [0.29, 0.717) is 23.4 Å². The lowest BCUT2D eigenvalue weighted by Crippen LogP contribution is -2.41. The molecule has 2 aliphatic carbocycles. The molecule has 6 heteroatoms. The summed E-state index contributed by atoms with van der Waals surface area (Å²) < 4.78 is 1.83. The van der Waals surface area contributed by atoms with Crippen molar-refractivity contribution in [1.82, 2.24) is 14.7 Å². The van der Waals surface area contributed by atoms with E-state index in [9.17, 15) is 14.7 Å². The number of benzene rings is 1. The smallest absolute Gasteiger partial charge is 0.339 e. The van der Waals surface area contributed by atoms with Crippen LogP contribution in [0.2, 0.25) is 0 Å². The summed E-state index contributed by atoms with van der Waals surface area (Å²) in [5.74, 6) is 0.244. The number of unbranched alkanes of at least 4 members (excludes halogenated alkanes) is 1. The van der Waals surface area contributed by atoms with Crippen LogP contribution in [0.15, 0.2) is 30.5 Å². The molecule has 5 rings (SSSR count). The van der Waals surface area contributed by atoms with Crippen LogP contribution in [0.3, 0.4) is 0 Å². The highest BCUT2D eigenvalue weighted by Gasteiger charge is 2.36. The maximum Gasteiger partial charge on any atom is 0.339 e. The van der Waals surface area contributed by atoms with E-state index in [1.807, 2.05) is 10.7 Å². The number of carbonyl (C=O) groups excluding carboxylic acids is 1. The van der Waals surface area contributed by atoms with Gasteiger partial charge in [0, 0.05) is 24.4 Å². The summed E-state index contributed by atoms with van der Waals surface area (Å²) in [6.45, 7) is 3.15. The van der Waals surface area contributed by atoms with E-state index in [1.165, 1.54) is 24.6 Å². The third kappa shape index (κ3) is 4.64. The molecule has 1 amide bonds. The summed E-state index contributed by atoms with van der Waals surface area (Å²) in [7, 11) is 0. The van der Waals surface area contributed by atoms with Gasteiger partial charge in [0.2, 0.25) is 5.91 Å². The number of likely N-dealkylation sites (tertiary alicyclic amines) is 1. The number of hydrogen-bond donors (Lipinski definition) is 1. The minimum Gasteiger partial charge on any atom is -0.478 e. The number of hydrogen-bond acceptors (Lipinski definition) is 3. The average molecular weight is 464 g/mol. The second kappa shape index (κ2) is 9.93. The van der Waals surface area contributed by atoms with E-state index in [2.05, 4.69) is 35.1 Å². The first-order chi connectivity index (χ1) is 16.6. The molecule has 2 heterocycles. The molecule has 182 valence electrons. The summed E-state index contributed by atoms with van der Waals surface area (Å²) in [5, 5.41) is 14.1. The highest BCUT2D eigenvalue weighted by molar-refractivity contribution is 5.89. The zero-order valence-corrected chi connectivity index (χ0v) is 20.3. The van der Waals surface area contributed by atoms with Crippen molar-refractivity contribution >= 4 is 11.9 Å². The van der Waals surface area contributed by atoms with E-state index in [1.54, 1.807) is 0 Å². The number of nitrogens with zero attached hydrogens (tertiary/aromatic N) is 3. The first-order valence-electron chi connectivity index (χ1n) is 13.3. The van der Waals surface area contributed by atoms with Crippen molar-refractivity contribution in [3.63, 3.8) is 0 Å². The second-order valence-electron chi connectivity index (χ2n) is 10.6. The molecule has 3 atom stereocenters. The maximum atomic E-state index is 13.5. The Bertz CT molecular complexity index is 1040.